The summed E-state index contributed by atoms with van der Waals surface area (Å²) in [5.74, 6) is -0.276. The number of halogens is 1. The molecule has 2 aromatic rings. The van der Waals surface area contributed by atoms with Gasteiger partial charge in [-0.3, -0.25) is 0 Å². The van der Waals surface area contributed by atoms with Gasteiger partial charge in [-0.05, 0) is 38.0 Å². The number of hydrogen-bond donors (Lipinski definition) is 0. The van der Waals surface area contributed by atoms with E-state index in [-0.39, 0.29) is 42.5 Å². The lowest BCUT2D eigenvalue weighted by Crippen LogP contribution is -2.14. The molecule has 0 radical (unpaired) electrons. The van der Waals surface area contributed by atoms with E-state index in [1.54, 1.807) is 6.92 Å². The van der Waals surface area contributed by atoms with Crippen molar-refractivity contribution in [3.8, 4) is 17.2 Å². The molecular formula is C26H35FO7. The Balaban J connectivity index is 2.22. The van der Waals surface area contributed by atoms with Crippen LogP contribution in [0.4, 0.5) is 14.0 Å². The van der Waals surface area contributed by atoms with Gasteiger partial charge in [-0.2, -0.15) is 0 Å². The molecule has 0 spiro atoms. The molecule has 0 aliphatic heterocycles. The molecule has 2 aromatic carbocycles. The van der Waals surface area contributed by atoms with Gasteiger partial charge in [0.1, 0.15) is 11.6 Å². The zero-order valence-electron chi connectivity index (χ0n) is 20.3. The van der Waals surface area contributed by atoms with Gasteiger partial charge >= 0.3 is 12.3 Å². The molecular weight excluding hydrogens is 443 g/mol. The molecule has 34 heavy (non-hydrogen) atoms. The summed E-state index contributed by atoms with van der Waals surface area (Å²) < 4.78 is 40.8. The Bertz CT molecular complexity index is 929. The van der Waals surface area contributed by atoms with Crippen LogP contribution < -0.4 is 14.2 Å². The van der Waals surface area contributed by atoms with Crippen molar-refractivity contribution in [1.82, 2.24) is 0 Å². The number of ether oxygens (including phenoxy) is 5. The van der Waals surface area contributed by atoms with Crippen LogP contribution in [0.2, 0.25) is 0 Å². The minimum atomic E-state index is -0.898. The Kier molecular flexibility index (Phi) is 12.0. The fraction of sp³-hybridized carbons (Fsp3) is 0.538. The van der Waals surface area contributed by atoms with Gasteiger partial charge in [-0.25, -0.2) is 14.0 Å². The highest BCUT2D eigenvalue weighted by Crippen LogP contribution is 2.42. The molecule has 188 valence electrons. The Morgan fingerprint density at radius 2 is 1.35 bits per heavy atom. The fourth-order valence-corrected chi connectivity index (χ4v) is 3.37. The first-order valence-corrected chi connectivity index (χ1v) is 12.1. The first-order chi connectivity index (χ1) is 16.5. The van der Waals surface area contributed by atoms with Crippen molar-refractivity contribution in [2.24, 2.45) is 0 Å². The largest absolute Gasteiger partial charge is 0.513 e. The van der Waals surface area contributed by atoms with E-state index in [9.17, 15) is 14.0 Å². The maximum atomic E-state index is 14.1. The molecule has 0 aromatic heterocycles. The third-order valence-corrected chi connectivity index (χ3v) is 5.09. The lowest BCUT2D eigenvalue weighted by Gasteiger charge is -2.16. The Morgan fingerprint density at radius 3 is 1.94 bits per heavy atom. The summed E-state index contributed by atoms with van der Waals surface area (Å²) in [6, 6.07) is 5.22. The Hall–Kier alpha value is -3.03. The molecule has 0 unspecified atom stereocenters. The lowest BCUT2D eigenvalue weighted by atomic mass is 10.1. The van der Waals surface area contributed by atoms with Gasteiger partial charge in [0.05, 0.1) is 19.8 Å². The van der Waals surface area contributed by atoms with Gasteiger partial charge in [0.15, 0.2) is 11.5 Å². The minimum Gasteiger partial charge on any atom is -0.490 e. The van der Waals surface area contributed by atoms with Crippen LogP contribution >= 0.6 is 0 Å². The molecule has 0 N–H and O–H groups in total. The summed E-state index contributed by atoms with van der Waals surface area (Å²) in [6.07, 6.45) is 5.86. The first kappa shape index (κ1) is 27.2. The van der Waals surface area contributed by atoms with E-state index >= 15 is 0 Å². The molecule has 0 saturated heterocycles. The predicted octanol–water partition coefficient (Wildman–Crippen LogP) is 7.57. The third kappa shape index (κ3) is 8.72. The van der Waals surface area contributed by atoms with Crippen molar-refractivity contribution < 1.29 is 37.7 Å². The van der Waals surface area contributed by atoms with E-state index in [4.69, 9.17) is 23.7 Å². The SMILES string of the molecule is CCCCCCOC(=O)Oc1cc(OCC)c(OC(=O)OCCCCCC)c2ccc(F)cc12. The summed E-state index contributed by atoms with van der Waals surface area (Å²) in [5, 5.41) is 0.568. The fourth-order valence-electron chi connectivity index (χ4n) is 3.37. The normalized spacial score (nSPS) is 10.7. The van der Waals surface area contributed by atoms with Crippen LogP contribution in [-0.2, 0) is 9.47 Å². The second-order valence-electron chi connectivity index (χ2n) is 7.85. The molecule has 0 atom stereocenters. The highest BCUT2D eigenvalue weighted by atomic mass is 19.1. The van der Waals surface area contributed by atoms with E-state index in [1.807, 2.05) is 0 Å². The average molecular weight is 479 g/mol. The lowest BCUT2D eigenvalue weighted by molar-refractivity contribution is 0.0947. The van der Waals surface area contributed by atoms with Gasteiger partial charge < -0.3 is 23.7 Å². The van der Waals surface area contributed by atoms with Crippen LogP contribution in [0.1, 0.15) is 72.1 Å². The monoisotopic (exact) mass is 478 g/mol. The number of unbranched alkanes of at least 4 members (excludes halogenated alkanes) is 6. The quantitative estimate of drug-likeness (QED) is 0.157. The summed E-state index contributed by atoms with van der Waals surface area (Å²) in [5.41, 5.74) is 0. The maximum absolute atomic E-state index is 14.1. The van der Waals surface area contributed by atoms with Crippen LogP contribution in [0.3, 0.4) is 0 Å². The molecule has 0 amide bonds. The van der Waals surface area contributed by atoms with Crippen LogP contribution in [0.25, 0.3) is 10.8 Å². The van der Waals surface area contributed by atoms with Gasteiger partial charge in [0.2, 0.25) is 0 Å². The van der Waals surface area contributed by atoms with E-state index in [1.165, 1.54) is 24.3 Å². The maximum Gasteiger partial charge on any atom is 0.513 e. The molecule has 0 aliphatic rings. The first-order valence-electron chi connectivity index (χ1n) is 12.1. The summed E-state index contributed by atoms with van der Waals surface area (Å²) in [4.78, 5) is 24.5. The van der Waals surface area contributed by atoms with Crippen LogP contribution in [0.5, 0.6) is 17.2 Å². The molecule has 0 heterocycles. The summed E-state index contributed by atoms with van der Waals surface area (Å²) in [6.45, 7) is 6.68. The van der Waals surface area contributed by atoms with Crippen molar-refractivity contribution >= 4 is 23.1 Å². The predicted molar refractivity (Wildman–Crippen MR) is 127 cm³/mol. The summed E-state index contributed by atoms with van der Waals surface area (Å²) in [7, 11) is 0. The van der Waals surface area contributed by atoms with Gasteiger partial charge in [-0.15, -0.1) is 0 Å². The number of carbonyl (C=O) groups excluding carboxylic acids is 2. The smallest absolute Gasteiger partial charge is 0.490 e. The summed E-state index contributed by atoms with van der Waals surface area (Å²) >= 11 is 0. The minimum absolute atomic E-state index is 0.0387. The van der Waals surface area contributed by atoms with Gasteiger partial charge in [-0.1, -0.05) is 52.4 Å². The number of carbonyl (C=O) groups is 2. The van der Waals surface area contributed by atoms with Crippen molar-refractivity contribution in [1.29, 1.82) is 0 Å². The topological polar surface area (TPSA) is 80.3 Å². The molecule has 2 rings (SSSR count). The molecule has 0 bridgehead atoms. The van der Waals surface area contributed by atoms with Gasteiger partial charge in [0, 0.05) is 16.8 Å². The second kappa shape index (κ2) is 15.0. The van der Waals surface area contributed by atoms with Crippen molar-refractivity contribution in [2.75, 3.05) is 19.8 Å². The highest BCUT2D eigenvalue weighted by molar-refractivity contribution is 5.97. The van der Waals surface area contributed by atoms with Crippen LogP contribution in [0.15, 0.2) is 24.3 Å². The molecule has 8 heteroatoms. The zero-order valence-corrected chi connectivity index (χ0v) is 20.3. The van der Waals surface area contributed by atoms with Gasteiger partial charge in [0.25, 0.3) is 0 Å². The van der Waals surface area contributed by atoms with Crippen molar-refractivity contribution in [3.05, 3.63) is 30.1 Å². The molecule has 0 aliphatic carbocycles. The van der Waals surface area contributed by atoms with Crippen LogP contribution in [-0.4, -0.2) is 32.1 Å². The number of fused-ring (bicyclic) bond motifs is 1. The van der Waals surface area contributed by atoms with E-state index in [0.717, 1.165) is 51.4 Å². The number of rotatable bonds is 14. The third-order valence-electron chi connectivity index (χ3n) is 5.09. The van der Waals surface area contributed by atoms with E-state index < -0.39 is 18.1 Å². The standard InChI is InChI=1S/C26H35FO7/c1-4-7-9-11-15-31-25(28)33-22-18-23(30-6-3)24(20-14-13-19(27)17-21(20)22)34-26(29)32-16-12-10-8-5-2/h13-14,17-18H,4-12,15-16H2,1-3H3. The van der Waals surface area contributed by atoms with Crippen molar-refractivity contribution in [2.45, 2.75) is 72.1 Å². The Labute approximate surface area is 200 Å². The van der Waals surface area contributed by atoms with Crippen molar-refractivity contribution in [3.63, 3.8) is 0 Å². The Morgan fingerprint density at radius 1 is 0.735 bits per heavy atom. The van der Waals surface area contributed by atoms with E-state index in [0.29, 0.717) is 5.39 Å². The number of hydrogen-bond acceptors (Lipinski definition) is 7. The molecule has 0 saturated carbocycles. The zero-order chi connectivity index (χ0) is 24.8. The highest BCUT2D eigenvalue weighted by Gasteiger charge is 2.21. The molecule has 7 nitrogen and oxygen atoms in total. The average Bonchev–Trinajstić information content (AvgIpc) is 2.81. The number of benzene rings is 2. The van der Waals surface area contributed by atoms with Crippen LogP contribution in [0, 0.1) is 5.82 Å². The van der Waals surface area contributed by atoms with E-state index in [2.05, 4.69) is 13.8 Å². The second-order valence-corrected chi connectivity index (χ2v) is 7.85. The molecule has 0 fully saturated rings.